The van der Waals surface area contributed by atoms with Crippen LogP contribution in [0.2, 0.25) is 0 Å². The fraction of sp³-hybridized carbons (Fsp3) is 0.486. The standard InChI is InChI=1S/C37H43F2N11O5/c1-45(23-13-17-47(18-14-23)27-5-3-6-28-31(27)46(2)37(54)50(28)29-11-12-30(51)43-34(29)53)20-22-7-9-24(10-8-22)49-21-26(35(44-49)55-36(38)39)42-33(52)25-19-41-48-16-4-15-40-32(25)48/h3-6,15-16,19,21-24,29,36H,7-14,17-18,20H2,1-2H3,(H,42,52)(H,43,51,53). The minimum absolute atomic E-state index is 0.0300. The van der Waals surface area contributed by atoms with Gasteiger partial charge in [-0.3, -0.25) is 33.5 Å². The number of ether oxygens (including phenoxy) is 1. The largest absolute Gasteiger partial charge is 0.413 e. The minimum Gasteiger partial charge on any atom is -0.413 e. The molecular weight excluding hydrogens is 716 g/mol. The molecule has 4 aromatic heterocycles. The van der Waals surface area contributed by atoms with Crippen molar-refractivity contribution in [1.29, 1.82) is 0 Å². The average molecular weight is 760 g/mol. The zero-order chi connectivity index (χ0) is 38.4. The number of imide groups is 1. The van der Waals surface area contributed by atoms with Crippen molar-refractivity contribution in [2.24, 2.45) is 13.0 Å². The van der Waals surface area contributed by atoms with E-state index in [0.717, 1.165) is 69.4 Å². The van der Waals surface area contributed by atoms with Gasteiger partial charge in [0.15, 0.2) is 5.65 Å². The molecule has 1 saturated carbocycles. The Labute approximate surface area is 314 Å². The lowest BCUT2D eigenvalue weighted by molar-refractivity contribution is -0.135. The summed E-state index contributed by atoms with van der Waals surface area (Å²) >= 11 is 0. The number of benzene rings is 1. The Bertz CT molecular complexity index is 2300. The molecule has 2 aliphatic heterocycles. The Morgan fingerprint density at radius 1 is 1.07 bits per heavy atom. The van der Waals surface area contributed by atoms with E-state index in [1.807, 2.05) is 18.2 Å². The van der Waals surface area contributed by atoms with E-state index in [-0.39, 0.29) is 47.6 Å². The summed E-state index contributed by atoms with van der Waals surface area (Å²) in [5, 5.41) is 13.5. The van der Waals surface area contributed by atoms with Gasteiger partial charge in [0.2, 0.25) is 11.8 Å². The van der Waals surface area contributed by atoms with E-state index in [9.17, 15) is 28.0 Å². The van der Waals surface area contributed by atoms with Crippen molar-refractivity contribution in [3.05, 3.63) is 65.1 Å². The Morgan fingerprint density at radius 3 is 2.60 bits per heavy atom. The van der Waals surface area contributed by atoms with Crippen molar-refractivity contribution in [1.82, 2.24) is 43.7 Å². The highest BCUT2D eigenvalue weighted by Gasteiger charge is 2.33. The molecule has 0 spiro atoms. The summed E-state index contributed by atoms with van der Waals surface area (Å²) < 4.78 is 37.6. The van der Waals surface area contributed by atoms with Crippen molar-refractivity contribution < 1.29 is 27.9 Å². The van der Waals surface area contributed by atoms with Gasteiger partial charge < -0.3 is 19.9 Å². The normalized spacial score (nSPS) is 21.2. The third kappa shape index (κ3) is 7.05. The van der Waals surface area contributed by atoms with E-state index < -0.39 is 24.5 Å². The topological polar surface area (TPSA) is 166 Å². The van der Waals surface area contributed by atoms with Crippen LogP contribution < -0.4 is 26.0 Å². The Hall–Kier alpha value is -5.65. The quantitative estimate of drug-likeness (QED) is 0.201. The number of para-hydroxylation sites is 1. The van der Waals surface area contributed by atoms with Gasteiger partial charge in [-0.25, -0.2) is 14.3 Å². The molecule has 2 saturated heterocycles. The van der Waals surface area contributed by atoms with Crippen LogP contribution >= 0.6 is 0 Å². The van der Waals surface area contributed by atoms with Crippen molar-refractivity contribution in [2.75, 3.05) is 36.9 Å². The smallest absolute Gasteiger partial charge is 0.388 e. The van der Waals surface area contributed by atoms with Gasteiger partial charge in [0.25, 0.3) is 11.8 Å². The van der Waals surface area contributed by atoms with Gasteiger partial charge in [-0.1, -0.05) is 6.07 Å². The Balaban J connectivity index is 0.871. The predicted molar refractivity (Wildman–Crippen MR) is 197 cm³/mol. The predicted octanol–water partition coefficient (Wildman–Crippen LogP) is 3.74. The molecule has 290 valence electrons. The van der Waals surface area contributed by atoms with Gasteiger partial charge >= 0.3 is 12.3 Å². The number of nitrogens with zero attached hydrogens (tertiary/aromatic N) is 9. The molecule has 1 atom stereocenters. The van der Waals surface area contributed by atoms with Gasteiger partial charge in [0.05, 0.1) is 35.2 Å². The molecule has 3 aliphatic rings. The Kier molecular flexibility index (Phi) is 9.83. The monoisotopic (exact) mass is 759 g/mol. The maximum Gasteiger partial charge on any atom is 0.388 e. The van der Waals surface area contributed by atoms with E-state index in [1.165, 1.54) is 21.5 Å². The molecule has 16 nitrogen and oxygen atoms in total. The van der Waals surface area contributed by atoms with Gasteiger partial charge in [-0.05, 0) is 76.1 Å². The lowest BCUT2D eigenvalue weighted by Gasteiger charge is -2.40. The summed E-state index contributed by atoms with van der Waals surface area (Å²) in [6.45, 7) is -0.545. The number of imidazole rings is 1. The number of nitrogens with one attached hydrogen (secondary N) is 2. The van der Waals surface area contributed by atoms with Crippen molar-refractivity contribution in [3.63, 3.8) is 0 Å². The number of aromatic nitrogens is 7. The lowest BCUT2D eigenvalue weighted by atomic mass is 9.85. The molecule has 2 N–H and O–H groups in total. The summed E-state index contributed by atoms with van der Waals surface area (Å²) in [7, 11) is 3.90. The van der Waals surface area contributed by atoms with Crippen LogP contribution in [0.5, 0.6) is 5.88 Å². The number of halogens is 2. The Morgan fingerprint density at radius 2 is 1.85 bits per heavy atom. The average Bonchev–Trinajstić information content (AvgIpc) is 3.86. The SMILES string of the molecule is CN(CC1CCC(n2cc(NC(=O)c3cnn4cccnc34)c(OC(F)F)n2)CC1)C1CCN(c2cccc3c2n(C)c(=O)n3C2CCC(=O)NC2=O)CC1. The van der Waals surface area contributed by atoms with Crippen molar-refractivity contribution >= 4 is 45.8 Å². The molecule has 3 amide bonds. The second kappa shape index (κ2) is 14.9. The molecule has 0 bridgehead atoms. The highest BCUT2D eigenvalue weighted by atomic mass is 19.3. The second-order valence-corrected chi connectivity index (χ2v) is 14.8. The second-order valence-electron chi connectivity index (χ2n) is 14.8. The van der Waals surface area contributed by atoms with E-state index in [1.54, 1.807) is 34.8 Å². The number of alkyl halides is 2. The van der Waals surface area contributed by atoms with Gasteiger partial charge in [-0.15, -0.1) is 5.10 Å². The first-order valence-corrected chi connectivity index (χ1v) is 18.7. The number of aryl methyl sites for hydroxylation is 1. The summed E-state index contributed by atoms with van der Waals surface area (Å²) in [4.78, 5) is 59.9. The first kappa shape index (κ1) is 36.3. The maximum absolute atomic E-state index is 13.4. The highest BCUT2D eigenvalue weighted by molar-refractivity contribution is 6.08. The van der Waals surface area contributed by atoms with Crippen LogP contribution in [0.25, 0.3) is 16.7 Å². The van der Waals surface area contributed by atoms with Crippen LogP contribution in [-0.4, -0.2) is 95.5 Å². The number of amides is 3. The molecule has 5 aromatic rings. The number of hydrogen-bond donors (Lipinski definition) is 2. The van der Waals surface area contributed by atoms with E-state index in [4.69, 9.17) is 4.74 Å². The molecule has 6 heterocycles. The number of anilines is 2. The van der Waals surface area contributed by atoms with Gasteiger partial charge in [0, 0.05) is 51.5 Å². The van der Waals surface area contributed by atoms with Crippen LogP contribution in [0.4, 0.5) is 20.2 Å². The summed E-state index contributed by atoms with van der Waals surface area (Å²) in [6.07, 6.45) is 12.0. The first-order chi connectivity index (χ1) is 26.5. The van der Waals surface area contributed by atoms with Crippen LogP contribution in [0.1, 0.15) is 73.8 Å². The number of hydrogen-bond acceptors (Lipinski definition) is 10. The van der Waals surface area contributed by atoms with Crippen LogP contribution in [-0.2, 0) is 16.6 Å². The highest BCUT2D eigenvalue weighted by Crippen LogP contribution is 2.37. The van der Waals surface area contributed by atoms with Crippen LogP contribution in [0.15, 0.2) is 53.8 Å². The van der Waals surface area contributed by atoms with Crippen LogP contribution in [0, 0.1) is 5.92 Å². The first-order valence-electron chi connectivity index (χ1n) is 18.7. The number of rotatable bonds is 10. The number of carbonyl (C=O) groups excluding carboxylic acids is 3. The molecule has 1 aliphatic carbocycles. The summed E-state index contributed by atoms with van der Waals surface area (Å²) in [5.74, 6) is -1.20. The van der Waals surface area contributed by atoms with Gasteiger partial charge in [0.1, 0.15) is 17.3 Å². The molecule has 0 radical (unpaired) electrons. The number of fused-ring (bicyclic) bond motifs is 2. The fourth-order valence-electron chi connectivity index (χ4n) is 8.59. The van der Waals surface area contributed by atoms with Crippen molar-refractivity contribution in [2.45, 2.75) is 76.1 Å². The van der Waals surface area contributed by atoms with E-state index in [2.05, 4.69) is 42.7 Å². The zero-order valence-corrected chi connectivity index (χ0v) is 30.6. The molecule has 8 rings (SSSR count). The summed E-state index contributed by atoms with van der Waals surface area (Å²) in [5.41, 5.74) is 2.73. The molecule has 3 fully saturated rings. The third-order valence-electron chi connectivity index (χ3n) is 11.4. The molecular formula is C37H43F2N11O5. The molecule has 18 heteroatoms. The third-order valence-corrected chi connectivity index (χ3v) is 11.4. The minimum atomic E-state index is -3.11. The number of carbonyl (C=O) groups is 3. The maximum atomic E-state index is 13.4. The number of piperidine rings is 2. The summed E-state index contributed by atoms with van der Waals surface area (Å²) in [6, 6.07) is 7.12. The zero-order valence-electron chi connectivity index (χ0n) is 30.6. The van der Waals surface area contributed by atoms with Gasteiger partial charge in [-0.2, -0.15) is 13.9 Å². The molecule has 1 unspecified atom stereocenters. The lowest BCUT2D eigenvalue weighted by Crippen LogP contribution is -2.45. The van der Waals surface area contributed by atoms with Crippen LogP contribution in [0.3, 0.4) is 0 Å². The fourth-order valence-corrected chi connectivity index (χ4v) is 8.59. The molecule has 55 heavy (non-hydrogen) atoms. The van der Waals surface area contributed by atoms with E-state index >= 15 is 0 Å². The van der Waals surface area contributed by atoms with E-state index in [0.29, 0.717) is 23.1 Å². The van der Waals surface area contributed by atoms with Crippen molar-refractivity contribution in [3.8, 4) is 5.88 Å². The molecule has 1 aromatic carbocycles.